The van der Waals surface area contributed by atoms with Gasteiger partial charge in [0.1, 0.15) is 0 Å². The van der Waals surface area contributed by atoms with Crippen LogP contribution in [-0.2, 0) is 24.5 Å². The first-order valence-electron chi connectivity index (χ1n) is 7.69. The summed E-state index contributed by atoms with van der Waals surface area (Å²) in [5.74, 6) is -2.06. The van der Waals surface area contributed by atoms with Crippen molar-refractivity contribution in [1.29, 1.82) is 0 Å². The second-order valence-electron chi connectivity index (χ2n) is 6.31. The molecule has 132 valence electrons. The van der Waals surface area contributed by atoms with E-state index in [2.05, 4.69) is 36.7 Å². The first-order chi connectivity index (χ1) is 11.2. The summed E-state index contributed by atoms with van der Waals surface area (Å²) < 4.78 is 4.76. The molecule has 0 aromatic heterocycles. The Hall–Kier alpha value is -2.41. The van der Waals surface area contributed by atoms with Crippen LogP contribution in [0.3, 0.4) is 0 Å². The fourth-order valence-corrected chi connectivity index (χ4v) is 1.85. The largest absolute Gasteiger partial charge is 0.383 e. The molecule has 0 saturated heterocycles. The first kappa shape index (κ1) is 19.6. The second kappa shape index (κ2) is 9.02. The molecule has 24 heavy (non-hydrogen) atoms. The molecular weight excluding hydrogens is 310 g/mol. The Bertz CT molecular complexity index is 576. The summed E-state index contributed by atoms with van der Waals surface area (Å²) in [4.78, 5) is 34.7. The van der Waals surface area contributed by atoms with Gasteiger partial charge in [0.2, 0.25) is 5.91 Å². The van der Waals surface area contributed by atoms with E-state index in [9.17, 15) is 14.4 Å². The highest BCUT2D eigenvalue weighted by Crippen LogP contribution is 2.23. The maximum Gasteiger partial charge on any atom is 0.309 e. The summed E-state index contributed by atoms with van der Waals surface area (Å²) in [5.41, 5.74) is 1.82. The van der Waals surface area contributed by atoms with Gasteiger partial charge in [-0.05, 0) is 23.1 Å². The molecule has 0 aliphatic carbocycles. The monoisotopic (exact) mass is 335 g/mol. The van der Waals surface area contributed by atoms with Gasteiger partial charge >= 0.3 is 11.8 Å². The first-order valence-corrected chi connectivity index (χ1v) is 7.69. The molecule has 0 aliphatic rings. The molecule has 0 unspecified atom stereocenters. The van der Waals surface area contributed by atoms with Gasteiger partial charge in [-0.2, -0.15) is 0 Å². The van der Waals surface area contributed by atoms with E-state index in [0.717, 1.165) is 5.56 Å². The third-order valence-electron chi connectivity index (χ3n) is 3.24. The van der Waals surface area contributed by atoms with Crippen LogP contribution in [0.4, 0.5) is 5.69 Å². The number of ether oxygens (including phenoxy) is 1. The Labute approximate surface area is 142 Å². The molecule has 3 N–H and O–H groups in total. The van der Waals surface area contributed by atoms with Gasteiger partial charge in [0.25, 0.3) is 0 Å². The van der Waals surface area contributed by atoms with Crippen molar-refractivity contribution in [2.75, 3.05) is 32.1 Å². The molecule has 7 nitrogen and oxygen atoms in total. The van der Waals surface area contributed by atoms with Gasteiger partial charge in [0.15, 0.2) is 0 Å². The molecule has 0 aliphatic heterocycles. The van der Waals surface area contributed by atoms with Gasteiger partial charge in [-0.3, -0.25) is 14.4 Å². The van der Waals surface area contributed by atoms with Crippen LogP contribution in [0.2, 0.25) is 0 Å². The molecular formula is C17H25N3O4. The van der Waals surface area contributed by atoms with Gasteiger partial charge < -0.3 is 20.7 Å². The zero-order valence-corrected chi connectivity index (χ0v) is 14.6. The van der Waals surface area contributed by atoms with Crippen LogP contribution in [-0.4, -0.2) is 44.5 Å². The van der Waals surface area contributed by atoms with E-state index in [0.29, 0.717) is 12.3 Å². The Balaban J connectivity index is 2.41. The van der Waals surface area contributed by atoms with Crippen LogP contribution in [0.1, 0.15) is 26.3 Å². The van der Waals surface area contributed by atoms with E-state index in [-0.39, 0.29) is 18.5 Å². The average Bonchev–Trinajstić information content (AvgIpc) is 2.52. The quantitative estimate of drug-likeness (QED) is 0.529. The Morgan fingerprint density at radius 2 is 1.58 bits per heavy atom. The van der Waals surface area contributed by atoms with E-state index in [4.69, 9.17) is 4.74 Å². The molecule has 0 saturated carbocycles. The predicted molar refractivity (Wildman–Crippen MR) is 91.7 cm³/mol. The Morgan fingerprint density at radius 1 is 1.00 bits per heavy atom. The van der Waals surface area contributed by atoms with Crippen LogP contribution < -0.4 is 16.0 Å². The number of hydrogen-bond donors (Lipinski definition) is 3. The van der Waals surface area contributed by atoms with Crippen molar-refractivity contribution in [3.63, 3.8) is 0 Å². The highest BCUT2D eigenvalue weighted by Gasteiger charge is 2.15. The summed E-state index contributed by atoms with van der Waals surface area (Å²) >= 11 is 0. The smallest absolute Gasteiger partial charge is 0.309 e. The summed E-state index contributed by atoms with van der Waals surface area (Å²) in [6, 6.07) is 7.49. The average molecular weight is 335 g/mol. The lowest BCUT2D eigenvalue weighted by molar-refractivity contribution is -0.139. The fourth-order valence-electron chi connectivity index (χ4n) is 1.85. The van der Waals surface area contributed by atoms with Crippen LogP contribution in [0.5, 0.6) is 0 Å². The Morgan fingerprint density at radius 3 is 2.12 bits per heavy atom. The molecule has 1 aromatic rings. The van der Waals surface area contributed by atoms with Crippen LogP contribution in [0.15, 0.2) is 24.3 Å². The molecule has 1 rings (SSSR count). The minimum atomic E-state index is -0.857. The minimum absolute atomic E-state index is 0.0344. The number of amides is 3. The number of carbonyl (C=O) groups is 3. The van der Waals surface area contributed by atoms with Gasteiger partial charge in [0, 0.05) is 19.3 Å². The molecule has 0 heterocycles. The zero-order valence-electron chi connectivity index (χ0n) is 14.6. The molecule has 1 aromatic carbocycles. The third kappa shape index (κ3) is 6.78. The number of methoxy groups -OCH3 is 1. The molecule has 0 bridgehead atoms. The molecule has 0 radical (unpaired) electrons. The van der Waals surface area contributed by atoms with E-state index in [1.807, 2.05) is 12.1 Å². The second-order valence-corrected chi connectivity index (χ2v) is 6.31. The van der Waals surface area contributed by atoms with Crippen LogP contribution in [0, 0.1) is 0 Å². The molecule has 0 fully saturated rings. The number of anilines is 1. The maximum atomic E-state index is 11.8. The van der Waals surface area contributed by atoms with Crippen LogP contribution >= 0.6 is 0 Å². The number of rotatable bonds is 6. The molecule has 0 spiro atoms. The molecule has 3 amide bonds. The van der Waals surface area contributed by atoms with E-state index in [1.165, 1.54) is 7.11 Å². The Kier molecular flexibility index (Phi) is 7.38. The minimum Gasteiger partial charge on any atom is -0.383 e. The fraction of sp³-hybridized carbons (Fsp3) is 0.471. The summed E-state index contributed by atoms with van der Waals surface area (Å²) in [7, 11) is 1.49. The van der Waals surface area contributed by atoms with Gasteiger partial charge in [-0.25, -0.2) is 0 Å². The number of nitrogens with one attached hydrogen (secondary N) is 3. The number of benzene rings is 1. The molecule has 0 atom stereocenters. The van der Waals surface area contributed by atoms with Crippen molar-refractivity contribution in [3.8, 4) is 0 Å². The lowest BCUT2D eigenvalue weighted by Gasteiger charge is -2.19. The van der Waals surface area contributed by atoms with Gasteiger partial charge in [-0.15, -0.1) is 0 Å². The van der Waals surface area contributed by atoms with Crippen molar-refractivity contribution >= 4 is 23.4 Å². The van der Waals surface area contributed by atoms with Gasteiger partial charge in [-0.1, -0.05) is 32.9 Å². The zero-order chi connectivity index (χ0) is 18.2. The van der Waals surface area contributed by atoms with E-state index >= 15 is 0 Å². The standard InChI is InChI=1S/C17H25N3O4/c1-17(2,3)12-5-7-13(8-6-12)20-14(21)11-19-16(23)15(22)18-9-10-24-4/h5-8H,9-11H2,1-4H3,(H,18,22)(H,19,23)(H,20,21). The van der Waals surface area contributed by atoms with Crippen molar-refractivity contribution < 1.29 is 19.1 Å². The summed E-state index contributed by atoms with van der Waals surface area (Å²) in [6.45, 7) is 6.58. The lowest BCUT2D eigenvalue weighted by atomic mass is 9.87. The highest BCUT2D eigenvalue weighted by atomic mass is 16.5. The molecule has 7 heteroatoms. The summed E-state index contributed by atoms with van der Waals surface area (Å²) in [6.07, 6.45) is 0. The van der Waals surface area contributed by atoms with Crippen molar-refractivity contribution in [2.24, 2.45) is 0 Å². The summed E-state index contributed by atoms with van der Waals surface area (Å²) in [5, 5.41) is 7.29. The number of carbonyl (C=O) groups excluding carboxylic acids is 3. The van der Waals surface area contributed by atoms with Gasteiger partial charge in [0.05, 0.1) is 13.2 Å². The van der Waals surface area contributed by atoms with Crippen molar-refractivity contribution in [2.45, 2.75) is 26.2 Å². The normalized spacial score (nSPS) is 10.8. The van der Waals surface area contributed by atoms with Crippen LogP contribution in [0.25, 0.3) is 0 Å². The van der Waals surface area contributed by atoms with Crippen molar-refractivity contribution in [3.05, 3.63) is 29.8 Å². The maximum absolute atomic E-state index is 11.8. The van der Waals surface area contributed by atoms with E-state index < -0.39 is 17.7 Å². The highest BCUT2D eigenvalue weighted by molar-refractivity contribution is 6.35. The van der Waals surface area contributed by atoms with E-state index in [1.54, 1.807) is 12.1 Å². The number of hydrogen-bond acceptors (Lipinski definition) is 4. The predicted octanol–water partition coefficient (Wildman–Crippen LogP) is 0.801. The SMILES string of the molecule is COCCNC(=O)C(=O)NCC(=O)Nc1ccc(C(C)(C)C)cc1. The lowest BCUT2D eigenvalue weighted by Crippen LogP contribution is -2.43. The van der Waals surface area contributed by atoms with Crippen molar-refractivity contribution in [1.82, 2.24) is 10.6 Å². The third-order valence-corrected chi connectivity index (χ3v) is 3.24. The topological polar surface area (TPSA) is 96.5 Å².